The van der Waals surface area contributed by atoms with Gasteiger partial charge < -0.3 is 5.73 Å². The minimum Gasteiger partial charge on any atom is -0.398 e. The average molecular weight is 342 g/mol. The Hall–Kier alpha value is -1.60. The van der Waals surface area contributed by atoms with Gasteiger partial charge in [-0.05, 0) is 46.3 Å². The predicted octanol–water partition coefficient (Wildman–Crippen LogP) is 2.25. The first-order valence-electron chi connectivity index (χ1n) is 5.37. The number of nitrogens with two attached hydrogens (primary N) is 1. The zero-order valence-electron chi connectivity index (χ0n) is 10.1. The summed E-state index contributed by atoms with van der Waals surface area (Å²) in [7, 11) is -2.14. The number of nitrogen functional groups attached to an aromatic ring is 1. The summed E-state index contributed by atoms with van der Waals surface area (Å²) in [5.74, 6) is 0. The minimum absolute atomic E-state index is 0.146. The van der Waals surface area contributed by atoms with Gasteiger partial charge in [-0.15, -0.1) is 0 Å². The van der Waals surface area contributed by atoms with Crippen molar-refractivity contribution in [2.75, 3.05) is 17.1 Å². The molecule has 0 amide bonds. The van der Waals surface area contributed by atoms with Gasteiger partial charge in [0.15, 0.2) is 0 Å². The Morgan fingerprint density at radius 2 is 1.84 bits per heavy atom. The summed E-state index contributed by atoms with van der Waals surface area (Å²) >= 11 is 3.24. The van der Waals surface area contributed by atoms with Gasteiger partial charge in [0, 0.05) is 29.6 Å². The van der Waals surface area contributed by atoms with Gasteiger partial charge in [-0.25, -0.2) is 8.42 Å². The number of nitrogens with zero attached hydrogens (tertiary/aromatic N) is 2. The van der Waals surface area contributed by atoms with E-state index in [-0.39, 0.29) is 4.90 Å². The number of sulfonamides is 1. The van der Waals surface area contributed by atoms with E-state index >= 15 is 0 Å². The van der Waals surface area contributed by atoms with Gasteiger partial charge in [0.2, 0.25) is 0 Å². The fraction of sp³-hybridized carbons (Fsp3) is 0.0833. The first kappa shape index (κ1) is 13.8. The monoisotopic (exact) mass is 341 g/mol. The third kappa shape index (κ3) is 2.71. The predicted molar refractivity (Wildman–Crippen MR) is 78.4 cm³/mol. The number of aromatic nitrogens is 1. The SMILES string of the molecule is CN(c1ccncc1)S(=O)(=O)c1ccc(Br)c(N)c1. The molecule has 1 heterocycles. The molecule has 0 aliphatic carbocycles. The summed E-state index contributed by atoms with van der Waals surface area (Å²) in [5.41, 5.74) is 6.63. The molecule has 0 atom stereocenters. The van der Waals surface area contributed by atoms with E-state index in [1.54, 1.807) is 18.2 Å². The van der Waals surface area contributed by atoms with Crippen LogP contribution >= 0.6 is 15.9 Å². The number of anilines is 2. The molecule has 0 spiro atoms. The second-order valence-corrected chi connectivity index (χ2v) is 6.68. The lowest BCUT2D eigenvalue weighted by Crippen LogP contribution is -2.26. The van der Waals surface area contributed by atoms with E-state index in [9.17, 15) is 8.42 Å². The number of benzene rings is 1. The highest BCUT2D eigenvalue weighted by molar-refractivity contribution is 9.10. The number of pyridine rings is 1. The van der Waals surface area contributed by atoms with Gasteiger partial charge in [0.1, 0.15) is 0 Å². The summed E-state index contributed by atoms with van der Waals surface area (Å²) < 4.78 is 26.7. The second kappa shape index (κ2) is 5.18. The molecule has 0 fully saturated rings. The van der Waals surface area contributed by atoms with Crippen molar-refractivity contribution in [2.24, 2.45) is 0 Å². The van der Waals surface area contributed by atoms with Crippen molar-refractivity contribution < 1.29 is 8.42 Å². The van der Waals surface area contributed by atoms with Crippen molar-refractivity contribution in [3.63, 3.8) is 0 Å². The average Bonchev–Trinajstić information content (AvgIpc) is 2.41. The van der Waals surface area contributed by atoms with Crippen molar-refractivity contribution >= 4 is 37.3 Å². The van der Waals surface area contributed by atoms with Crippen LogP contribution in [-0.4, -0.2) is 20.4 Å². The third-order valence-electron chi connectivity index (χ3n) is 2.65. The van der Waals surface area contributed by atoms with Crippen LogP contribution in [0.15, 0.2) is 52.1 Å². The van der Waals surface area contributed by atoms with Crippen molar-refractivity contribution in [2.45, 2.75) is 4.90 Å². The first-order chi connectivity index (χ1) is 8.93. The van der Waals surface area contributed by atoms with E-state index in [1.807, 2.05) is 0 Å². The normalized spacial score (nSPS) is 11.3. The molecule has 19 heavy (non-hydrogen) atoms. The molecule has 0 saturated heterocycles. The number of halogens is 1. The molecule has 2 aromatic rings. The van der Waals surface area contributed by atoms with Gasteiger partial charge in [-0.1, -0.05) is 0 Å². The Kier molecular flexibility index (Phi) is 3.77. The third-order valence-corrected chi connectivity index (χ3v) is 5.16. The zero-order valence-corrected chi connectivity index (χ0v) is 12.5. The Labute approximate surface area is 120 Å². The Morgan fingerprint density at radius 1 is 1.21 bits per heavy atom. The molecule has 100 valence electrons. The molecule has 2 rings (SSSR count). The molecule has 0 aliphatic heterocycles. The summed E-state index contributed by atoms with van der Waals surface area (Å²) in [4.78, 5) is 4.01. The highest BCUT2D eigenvalue weighted by atomic mass is 79.9. The Bertz CT molecular complexity index is 689. The minimum atomic E-state index is -3.63. The van der Waals surface area contributed by atoms with Crippen molar-refractivity contribution in [3.8, 4) is 0 Å². The first-order valence-corrected chi connectivity index (χ1v) is 7.60. The number of hydrogen-bond donors (Lipinski definition) is 1. The lowest BCUT2D eigenvalue weighted by atomic mass is 10.3. The van der Waals surface area contributed by atoms with Gasteiger partial charge in [-0.2, -0.15) is 0 Å². The lowest BCUT2D eigenvalue weighted by molar-refractivity contribution is 0.594. The maximum Gasteiger partial charge on any atom is 0.264 e. The molecular weight excluding hydrogens is 330 g/mol. The van der Waals surface area contributed by atoms with Crippen LogP contribution in [0.25, 0.3) is 0 Å². The molecule has 1 aromatic heterocycles. The quantitative estimate of drug-likeness (QED) is 0.868. The standard InChI is InChI=1S/C12H12BrN3O2S/c1-16(9-4-6-15-7-5-9)19(17,18)10-2-3-11(13)12(14)8-10/h2-8H,14H2,1H3. The molecular formula is C12H12BrN3O2S. The van der Waals surface area contributed by atoms with Gasteiger partial charge in [0.25, 0.3) is 10.0 Å². The summed E-state index contributed by atoms with van der Waals surface area (Å²) in [5, 5.41) is 0. The molecule has 1 aromatic carbocycles. The van der Waals surface area contributed by atoms with E-state index in [4.69, 9.17) is 5.73 Å². The van der Waals surface area contributed by atoms with Crippen molar-refractivity contribution in [1.82, 2.24) is 4.98 Å². The lowest BCUT2D eigenvalue weighted by Gasteiger charge is -2.19. The van der Waals surface area contributed by atoms with E-state index in [0.717, 1.165) is 0 Å². The van der Waals surface area contributed by atoms with E-state index in [1.165, 1.54) is 35.9 Å². The van der Waals surface area contributed by atoms with Crippen molar-refractivity contribution in [1.29, 1.82) is 0 Å². The van der Waals surface area contributed by atoms with Crippen LogP contribution in [0.2, 0.25) is 0 Å². The van der Waals surface area contributed by atoms with Crippen LogP contribution in [0.4, 0.5) is 11.4 Å². The fourth-order valence-electron chi connectivity index (χ4n) is 1.53. The van der Waals surface area contributed by atoms with E-state index in [0.29, 0.717) is 15.8 Å². The molecule has 7 heteroatoms. The summed E-state index contributed by atoms with van der Waals surface area (Å²) in [6.45, 7) is 0. The highest BCUT2D eigenvalue weighted by Gasteiger charge is 2.21. The van der Waals surface area contributed by atoms with E-state index in [2.05, 4.69) is 20.9 Å². The summed E-state index contributed by atoms with van der Waals surface area (Å²) in [6.07, 6.45) is 3.08. The number of rotatable bonds is 3. The molecule has 5 nitrogen and oxygen atoms in total. The van der Waals surface area contributed by atoms with Gasteiger partial charge >= 0.3 is 0 Å². The van der Waals surface area contributed by atoms with E-state index < -0.39 is 10.0 Å². The molecule has 0 saturated carbocycles. The van der Waals surface area contributed by atoms with Crippen LogP contribution in [0.5, 0.6) is 0 Å². The fourth-order valence-corrected chi connectivity index (χ4v) is 3.01. The molecule has 0 unspecified atom stereocenters. The summed E-state index contributed by atoms with van der Waals surface area (Å²) in [6, 6.07) is 7.80. The van der Waals surface area contributed by atoms with Gasteiger partial charge in [0.05, 0.1) is 10.6 Å². The highest BCUT2D eigenvalue weighted by Crippen LogP contribution is 2.26. The molecule has 0 bridgehead atoms. The van der Waals surface area contributed by atoms with Crippen molar-refractivity contribution in [3.05, 3.63) is 47.2 Å². The van der Waals surface area contributed by atoms with Crippen LogP contribution < -0.4 is 10.0 Å². The maximum atomic E-state index is 12.4. The Balaban J connectivity index is 2.45. The topological polar surface area (TPSA) is 76.3 Å². The van der Waals surface area contributed by atoms with Crippen LogP contribution in [0.1, 0.15) is 0 Å². The maximum absolute atomic E-state index is 12.4. The zero-order chi connectivity index (χ0) is 14.0. The molecule has 2 N–H and O–H groups in total. The van der Waals surface area contributed by atoms with Crippen LogP contribution in [-0.2, 0) is 10.0 Å². The second-order valence-electron chi connectivity index (χ2n) is 3.86. The van der Waals surface area contributed by atoms with Crippen LogP contribution in [0.3, 0.4) is 0 Å². The number of hydrogen-bond acceptors (Lipinski definition) is 4. The Morgan fingerprint density at radius 3 is 2.42 bits per heavy atom. The van der Waals surface area contributed by atoms with Gasteiger partial charge in [-0.3, -0.25) is 9.29 Å². The van der Waals surface area contributed by atoms with Crippen LogP contribution in [0, 0.1) is 0 Å². The molecule has 0 radical (unpaired) electrons. The molecule has 0 aliphatic rings. The smallest absolute Gasteiger partial charge is 0.264 e. The largest absolute Gasteiger partial charge is 0.398 e.